The van der Waals surface area contributed by atoms with Gasteiger partial charge in [0.15, 0.2) is 0 Å². The lowest BCUT2D eigenvalue weighted by atomic mass is 9.99. The number of carbonyl (C=O) groups is 2. The van der Waals surface area contributed by atoms with E-state index in [9.17, 15) is 9.59 Å². The first kappa shape index (κ1) is 21.3. The van der Waals surface area contributed by atoms with Crippen molar-refractivity contribution in [2.24, 2.45) is 0 Å². The normalized spacial score (nSPS) is 15.8. The number of ether oxygens (including phenoxy) is 2. The van der Waals surface area contributed by atoms with Gasteiger partial charge in [0.1, 0.15) is 16.7 Å². The van der Waals surface area contributed by atoms with Gasteiger partial charge in [-0.1, -0.05) is 54.6 Å². The summed E-state index contributed by atoms with van der Waals surface area (Å²) in [5.41, 5.74) is 4.25. The van der Waals surface area contributed by atoms with Gasteiger partial charge in [-0.05, 0) is 43.4 Å². The van der Waals surface area contributed by atoms with E-state index < -0.39 is 12.1 Å². The minimum atomic E-state index is -0.468. The number of benzene rings is 2. The molecule has 0 saturated carbocycles. The fraction of sp³-hybridized carbons (Fsp3) is 0.280. The van der Waals surface area contributed by atoms with E-state index in [1.54, 1.807) is 0 Å². The van der Waals surface area contributed by atoms with E-state index in [1.807, 2.05) is 61.7 Å². The lowest BCUT2D eigenvalue weighted by molar-refractivity contribution is -0.124. The maximum absolute atomic E-state index is 12.9. The summed E-state index contributed by atoms with van der Waals surface area (Å²) >= 11 is 1.33. The standard InChI is InChI=1S/C25H25NO4S/c1-16(2)30-25(28)22-20(15-31-24(22)26-23(27)21-9-6-14-29-21)19-12-10-18(11-13-19)17-7-4-3-5-8-17/h3-5,7-8,10-13,15-16,21H,6,9,14H2,1-2H3,(H,26,27)/t21-/m1/s1. The second-order valence-electron chi connectivity index (χ2n) is 7.74. The Morgan fingerprint density at radius 3 is 2.35 bits per heavy atom. The molecule has 1 aromatic heterocycles. The third-order valence-corrected chi connectivity index (χ3v) is 6.00. The fourth-order valence-electron chi connectivity index (χ4n) is 3.59. The Hall–Kier alpha value is -2.96. The topological polar surface area (TPSA) is 64.6 Å². The van der Waals surface area contributed by atoms with Crippen LogP contribution >= 0.6 is 11.3 Å². The molecule has 1 amide bonds. The van der Waals surface area contributed by atoms with E-state index in [0.29, 0.717) is 23.6 Å². The van der Waals surface area contributed by atoms with Crippen LogP contribution < -0.4 is 5.32 Å². The van der Waals surface area contributed by atoms with Crippen LogP contribution in [-0.4, -0.2) is 30.7 Å². The van der Waals surface area contributed by atoms with Crippen LogP contribution in [0.15, 0.2) is 60.0 Å². The summed E-state index contributed by atoms with van der Waals surface area (Å²) in [7, 11) is 0. The van der Waals surface area contributed by atoms with Gasteiger partial charge in [-0.2, -0.15) is 0 Å². The third-order valence-electron chi connectivity index (χ3n) is 5.10. The highest BCUT2D eigenvalue weighted by Crippen LogP contribution is 2.37. The van der Waals surface area contributed by atoms with Gasteiger partial charge < -0.3 is 14.8 Å². The molecular weight excluding hydrogens is 410 g/mol. The van der Waals surface area contributed by atoms with Crippen LogP contribution in [0.3, 0.4) is 0 Å². The molecular formula is C25H25NO4S. The summed E-state index contributed by atoms with van der Waals surface area (Å²) in [4.78, 5) is 25.5. The quantitative estimate of drug-likeness (QED) is 0.500. The number of esters is 1. The molecule has 31 heavy (non-hydrogen) atoms. The van der Waals surface area contributed by atoms with Crippen LogP contribution in [0, 0.1) is 0 Å². The molecule has 0 bridgehead atoms. The number of rotatable bonds is 6. The van der Waals surface area contributed by atoms with Crippen LogP contribution in [-0.2, 0) is 14.3 Å². The van der Waals surface area contributed by atoms with Crippen LogP contribution in [0.5, 0.6) is 0 Å². The molecule has 3 aromatic rings. The second-order valence-corrected chi connectivity index (χ2v) is 8.62. The van der Waals surface area contributed by atoms with Gasteiger partial charge >= 0.3 is 5.97 Å². The maximum Gasteiger partial charge on any atom is 0.342 e. The van der Waals surface area contributed by atoms with Crippen molar-refractivity contribution in [2.75, 3.05) is 11.9 Å². The van der Waals surface area contributed by atoms with E-state index in [-0.39, 0.29) is 12.0 Å². The van der Waals surface area contributed by atoms with Crippen LogP contribution in [0.1, 0.15) is 37.0 Å². The maximum atomic E-state index is 12.9. The molecule has 2 aromatic carbocycles. The first-order valence-electron chi connectivity index (χ1n) is 10.4. The number of anilines is 1. The Balaban J connectivity index is 1.65. The largest absolute Gasteiger partial charge is 0.459 e. The number of thiophene rings is 1. The first-order chi connectivity index (χ1) is 15.0. The predicted octanol–water partition coefficient (Wildman–Crippen LogP) is 5.76. The van der Waals surface area contributed by atoms with Crippen molar-refractivity contribution >= 4 is 28.2 Å². The molecule has 4 rings (SSSR count). The Kier molecular flexibility index (Phi) is 6.49. The Morgan fingerprint density at radius 2 is 1.71 bits per heavy atom. The average Bonchev–Trinajstić information content (AvgIpc) is 3.44. The van der Waals surface area contributed by atoms with Crippen molar-refractivity contribution < 1.29 is 19.1 Å². The number of nitrogens with one attached hydrogen (secondary N) is 1. The molecule has 0 spiro atoms. The molecule has 160 valence electrons. The smallest absolute Gasteiger partial charge is 0.342 e. The van der Waals surface area contributed by atoms with Crippen molar-refractivity contribution in [3.05, 3.63) is 65.5 Å². The highest BCUT2D eigenvalue weighted by Gasteiger charge is 2.28. The second kappa shape index (κ2) is 9.45. The molecule has 1 fully saturated rings. The summed E-state index contributed by atoms with van der Waals surface area (Å²) in [6.07, 6.45) is 0.827. The molecule has 0 unspecified atom stereocenters. The zero-order valence-electron chi connectivity index (χ0n) is 17.6. The SMILES string of the molecule is CC(C)OC(=O)c1c(-c2ccc(-c3ccccc3)cc2)csc1NC(=O)[C@H]1CCCO1. The van der Waals surface area contributed by atoms with Crippen molar-refractivity contribution in [2.45, 2.75) is 38.9 Å². The molecule has 6 heteroatoms. The van der Waals surface area contributed by atoms with Gasteiger partial charge in [0.05, 0.1) is 6.10 Å². The minimum absolute atomic E-state index is 0.219. The van der Waals surface area contributed by atoms with E-state index in [1.165, 1.54) is 11.3 Å². The van der Waals surface area contributed by atoms with Gasteiger partial charge in [-0.3, -0.25) is 4.79 Å². The van der Waals surface area contributed by atoms with Crippen molar-refractivity contribution in [1.82, 2.24) is 0 Å². The highest BCUT2D eigenvalue weighted by molar-refractivity contribution is 7.15. The summed E-state index contributed by atoms with van der Waals surface area (Å²) in [6.45, 7) is 4.20. The zero-order chi connectivity index (χ0) is 21.8. The van der Waals surface area contributed by atoms with Crippen LogP contribution in [0.25, 0.3) is 22.3 Å². The number of carbonyl (C=O) groups excluding carboxylic acids is 2. The molecule has 1 aliphatic heterocycles. The first-order valence-corrected chi connectivity index (χ1v) is 11.3. The molecule has 0 radical (unpaired) electrons. The molecule has 0 aliphatic carbocycles. The third kappa shape index (κ3) is 4.86. The molecule has 1 N–H and O–H groups in total. The van der Waals surface area contributed by atoms with Crippen molar-refractivity contribution in [3.63, 3.8) is 0 Å². The van der Waals surface area contributed by atoms with Gasteiger partial charge in [0.2, 0.25) is 0 Å². The lowest BCUT2D eigenvalue weighted by Gasteiger charge is -2.13. The van der Waals surface area contributed by atoms with Gasteiger partial charge in [-0.25, -0.2) is 4.79 Å². The number of hydrogen-bond acceptors (Lipinski definition) is 5. The lowest BCUT2D eigenvalue weighted by Crippen LogP contribution is -2.27. The Bertz CT molecular complexity index is 1050. The summed E-state index contributed by atoms with van der Waals surface area (Å²) in [5, 5.41) is 5.27. The van der Waals surface area contributed by atoms with E-state index >= 15 is 0 Å². The van der Waals surface area contributed by atoms with Crippen molar-refractivity contribution in [3.8, 4) is 22.3 Å². The fourth-order valence-corrected chi connectivity index (χ4v) is 4.55. The van der Waals surface area contributed by atoms with Gasteiger partial charge in [0, 0.05) is 17.6 Å². The monoisotopic (exact) mass is 435 g/mol. The van der Waals surface area contributed by atoms with E-state index in [2.05, 4.69) is 17.4 Å². The van der Waals surface area contributed by atoms with Crippen LogP contribution in [0.4, 0.5) is 5.00 Å². The Labute approximate surface area is 186 Å². The molecule has 1 saturated heterocycles. The average molecular weight is 436 g/mol. The highest BCUT2D eigenvalue weighted by atomic mass is 32.1. The summed E-state index contributed by atoms with van der Waals surface area (Å²) < 4.78 is 11.0. The molecule has 1 atom stereocenters. The summed E-state index contributed by atoms with van der Waals surface area (Å²) in [5.74, 6) is -0.662. The van der Waals surface area contributed by atoms with Gasteiger partial charge in [0.25, 0.3) is 5.91 Å². The molecule has 5 nitrogen and oxygen atoms in total. The molecule has 1 aliphatic rings. The van der Waals surface area contributed by atoms with Crippen LogP contribution in [0.2, 0.25) is 0 Å². The zero-order valence-corrected chi connectivity index (χ0v) is 18.4. The van der Waals surface area contributed by atoms with Gasteiger partial charge in [-0.15, -0.1) is 11.3 Å². The van der Waals surface area contributed by atoms with Crippen molar-refractivity contribution in [1.29, 1.82) is 0 Å². The summed E-state index contributed by atoms with van der Waals surface area (Å²) in [6, 6.07) is 18.2. The van der Waals surface area contributed by atoms with E-state index in [4.69, 9.17) is 9.47 Å². The van der Waals surface area contributed by atoms with E-state index in [0.717, 1.165) is 28.7 Å². The molecule has 2 heterocycles. The number of hydrogen-bond donors (Lipinski definition) is 1. The minimum Gasteiger partial charge on any atom is -0.459 e. The number of amides is 1. The Morgan fingerprint density at radius 1 is 1.03 bits per heavy atom. The predicted molar refractivity (Wildman–Crippen MR) is 123 cm³/mol.